The number of nitrogens with one attached hydrogen (secondary N) is 3. The van der Waals surface area contributed by atoms with Gasteiger partial charge in [0, 0.05) is 25.0 Å². The van der Waals surface area contributed by atoms with Gasteiger partial charge in [-0.25, -0.2) is 0 Å². The summed E-state index contributed by atoms with van der Waals surface area (Å²) in [5.74, 6) is -0.413. The Kier molecular flexibility index (Phi) is 2.66. The van der Waals surface area contributed by atoms with Crippen LogP contribution in [0.3, 0.4) is 0 Å². The number of H-pyrrole nitrogens is 1. The van der Waals surface area contributed by atoms with Crippen molar-refractivity contribution in [3.05, 3.63) is 17.5 Å². The van der Waals surface area contributed by atoms with E-state index >= 15 is 0 Å². The molecule has 2 aliphatic rings. The van der Waals surface area contributed by atoms with Crippen LogP contribution < -0.4 is 10.6 Å². The van der Waals surface area contributed by atoms with Crippen molar-refractivity contribution in [1.82, 2.24) is 20.8 Å². The lowest BCUT2D eigenvalue weighted by atomic mass is 9.95. The number of aromatic amines is 1. The van der Waals surface area contributed by atoms with E-state index in [2.05, 4.69) is 20.8 Å². The maximum absolute atomic E-state index is 13.1. The molecule has 3 N–H and O–H groups in total. The van der Waals surface area contributed by atoms with Crippen molar-refractivity contribution < 1.29 is 18.0 Å². The van der Waals surface area contributed by atoms with Crippen LogP contribution >= 0.6 is 0 Å². The molecular formula is C12H15F3N4O. The lowest BCUT2D eigenvalue weighted by Gasteiger charge is -2.20. The second kappa shape index (κ2) is 3.97. The van der Waals surface area contributed by atoms with E-state index < -0.39 is 22.9 Å². The highest BCUT2D eigenvalue weighted by Crippen LogP contribution is 2.72. The summed E-state index contributed by atoms with van der Waals surface area (Å²) in [6, 6.07) is 0. The first kappa shape index (κ1) is 13.4. The van der Waals surface area contributed by atoms with Crippen molar-refractivity contribution in [1.29, 1.82) is 0 Å². The molecule has 2 fully saturated rings. The van der Waals surface area contributed by atoms with Gasteiger partial charge in [0.05, 0.1) is 11.6 Å². The number of fused-ring (bicyclic) bond motifs is 1. The molecule has 1 aromatic rings. The number of halogens is 3. The molecular weight excluding hydrogens is 273 g/mol. The van der Waals surface area contributed by atoms with Crippen LogP contribution in [0.25, 0.3) is 0 Å². The molecule has 8 heteroatoms. The van der Waals surface area contributed by atoms with Crippen LogP contribution in [0.4, 0.5) is 13.2 Å². The predicted octanol–water partition coefficient (Wildman–Crippen LogP) is 0.990. The Morgan fingerprint density at radius 1 is 1.50 bits per heavy atom. The average molecular weight is 288 g/mol. The highest BCUT2D eigenvalue weighted by atomic mass is 19.4. The SMILES string of the molecule is Cc1cn[nH]c1C(=O)NC[C@@]12CNC[C@]1(C(F)(F)F)C2. The first-order chi connectivity index (χ1) is 9.31. The molecule has 20 heavy (non-hydrogen) atoms. The summed E-state index contributed by atoms with van der Waals surface area (Å²) in [7, 11) is 0. The zero-order chi connectivity index (χ0) is 14.6. The number of aryl methyl sites for hydroxylation is 1. The number of carbonyl (C=O) groups is 1. The van der Waals surface area contributed by atoms with Crippen LogP contribution in [0.5, 0.6) is 0 Å². The van der Waals surface area contributed by atoms with Crippen molar-refractivity contribution in [2.24, 2.45) is 10.8 Å². The highest BCUT2D eigenvalue weighted by Gasteiger charge is 2.81. The molecule has 0 radical (unpaired) electrons. The van der Waals surface area contributed by atoms with Gasteiger partial charge in [0.1, 0.15) is 5.69 Å². The van der Waals surface area contributed by atoms with Gasteiger partial charge in [0.15, 0.2) is 0 Å². The summed E-state index contributed by atoms with van der Waals surface area (Å²) >= 11 is 0. The lowest BCUT2D eigenvalue weighted by molar-refractivity contribution is -0.190. The number of piperidine rings is 1. The number of rotatable bonds is 3. The summed E-state index contributed by atoms with van der Waals surface area (Å²) in [5.41, 5.74) is -1.60. The molecule has 2 heterocycles. The monoisotopic (exact) mass is 288 g/mol. The van der Waals surface area contributed by atoms with Crippen molar-refractivity contribution in [3.63, 3.8) is 0 Å². The third-order valence-electron chi connectivity index (χ3n) is 4.61. The molecule has 2 atom stereocenters. The molecule has 3 rings (SSSR count). The highest BCUT2D eigenvalue weighted by molar-refractivity contribution is 5.93. The van der Waals surface area contributed by atoms with Crippen molar-refractivity contribution in [2.45, 2.75) is 19.5 Å². The average Bonchev–Trinajstić information content (AvgIpc) is 2.70. The van der Waals surface area contributed by atoms with Gasteiger partial charge in [0.25, 0.3) is 5.91 Å². The van der Waals surface area contributed by atoms with Gasteiger partial charge < -0.3 is 10.6 Å². The third-order valence-corrected chi connectivity index (χ3v) is 4.61. The number of carbonyl (C=O) groups excluding carboxylic acids is 1. The van der Waals surface area contributed by atoms with Gasteiger partial charge in [-0.3, -0.25) is 9.89 Å². The van der Waals surface area contributed by atoms with Crippen molar-refractivity contribution in [3.8, 4) is 0 Å². The van der Waals surface area contributed by atoms with E-state index in [1.54, 1.807) is 6.92 Å². The second-order valence-electron chi connectivity index (χ2n) is 5.75. The van der Waals surface area contributed by atoms with Gasteiger partial charge in [-0.2, -0.15) is 18.3 Å². The third kappa shape index (κ3) is 1.67. The Hall–Kier alpha value is -1.57. The van der Waals surface area contributed by atoms with Crippen LogP contribution in [-0.2, 0) is 0 Å². The molecule has 1 aliphatic heterocycles. The van der Waals surface area contributed by atoms with Gasteiger partial charge >= 0.3 is 6.18 Å². The van der Waals surface area contributed by atoms with Crippen LogP contribution in [0, 0.1) is 17.8 Å². The van der Waals surface area contributed by atoms with E-state index in [9.17, 15) is 18.0 Å². The Labute approximate surface area is 113 Å². The summed E-state index contributed by atoms with van der Waals surface area (Å²) < 4.78 is 39.4. The van der Waals surface area contributed by atoms with Gasteiger partial charge in [-0.1, -0.05) is 0 Å². The Morgan fingerprint density at radius 2 is 2.25 bits per heavy atom. The standard InChI is InChI=1S/C12H15F3N4O/c1-7-2-18-19-8(7)9(20)17-5-10-3-11(10,6-16-4-10)12(13,14)15/h2,16H,3-6H2,1H3,(H,17,20)(H,18,19)/t10-,11-/m1/s1. The largest absolute Gasteiger partial charge is 0.396 e. The molecule has 110 valence electrons. The normalized spacial score (nSPS) is 32.0. The molecule has 0 spiro atoms. The van der Waals surface area contributed by atoms with Gasteiger partial charge in [-0.05, 0) is 18.9 Å². The number of hydrogen-bond acceptors (Lipinski definition) is 3. The minimum absolute atomic E-state index is 0.0246. The van der Waals surface area contributed by atoms with Gasteiger partial charge in [-0.15, -0.1) is 0 Å². The summed E-state index contributed by atoms with van der Waals surface area (Å²) in [4.78, 5) is 11.9. The van der Waals surface area contributed by atoms with Crippen molar-refractivity contribution >= 4 is 5.91 Å². The number of alkyl halides is 3. The smallest absolute Gasteiger partial charge is 0.350 e. The molecule has 5 nitrogen and oxygen atoms in total. The topological polar surface area (TPSA) is 69.8 Å². The zero-order valence-electron chi connectivity index (χ0n) is 10.9. The molecule has 0 aromatic carbocycles. The fourth-order valence-corrected chi connectivity index (χ4v) is 3.24. The number of aromatic nitrogens is 2. The summed E-state index contributed by atoms with van der Waals surface area (Å²) in [6.07, 6.45) is -2.65. The first-order valence-corrected chi connectivity index (χ1v) is 6.37. The molecule has 0 unspecified atom stereocenters. The molecule has 1 saturated heterocycles. The maximum Gasteiger partial charge on any atom is 0.396 e. The van der Waals surface area contributed by atoms with Crippen LogP contribution in [0.1, 0.15) is 22.5 Å². The fraction of sp³-hybridized carbons (Fsp3) is 0.667. The van der Waals surface area contributed by atoms with E-state index in [0.29, 0.717) is 11.3 Å². The van der Waals surface area contributed by atoms with E-state index in [0.717, 1.165) is 0 Å². The minimum Gasteiger partial charge on any atom is -0.350 e. The number of nitrogens with zero attached hydrogens (tertiary/aromatic N) is 1. The van der Waals surface area contributed by atoms with E-state index in [-0.39, 0.29) is 26.1 Å². The van der Waals surface area contributed by atoms with E-state index in [4.69, 9.17) is 0 Å². The molecule has 1 aliphatic carbocycles. The quantitative estimate of drug-likeness (QED) is 0.777. The Balaban J connectivity index is 1.68. The molecule has 1 aromatic heterocycles. The zero-order valence-corrected chi connectivity index (χ0v) is 10.9. The maximum atomic E-state index is 13.1. The number of amides is 1. The van der Waals surface area contributed by atoms with Crippen LogP contribution in [0.2, 0.25) is 0 Å². The lowest BCUT2D eigenvalue weighted by Crippen LogP contribution is -2.37. The summed E-state index contributed by atoms with van der Waals surface area (Å²) in [5, 5.41) is 11.7. The number of hydrogen-bond donors (Lipinski definition) is 3. The first-order valence-electron chi connectivity index (χ1n) is 6.37. The Bertz CT molecular complexity index is 555. The Morgan fingerprint density at radius 3 is 2.80 bits per heavy atom. The minimum atomic E-state index is -4.23. The summed E-state index contributed by atoms with van der Waals surface area (Å²) in [6.45, 7) is 1.96. The van der Waals surface area contributed by atoms with E-state index in [1.807, 2.05) is 0 Å². The fourth-order valence-electron chi connectivity index (χ4n) is 3.24. The van der Waals surface area contributed by atoms with E-state index in [1.165, 1.54) is 6.20 Å². The molecule has 1 amide bonds. The van der Waals surface area contributed by atoms with Crippen LogP contribution in [0.15, 0.2) is 6.20 Å². The second-order valence-corrected chi connectivity index (χ2v) is 5.75. The van der Waals surface area contributed by atoms with Crippen molar-refractivity contribution in [2.75, 3.05) is 19.6 Å². The van der Waals surface area contributed by atoms with Crippen LogP contribution in [-0.4, -0.2) is 41.9 Å². The predicted molar refractivity (Wildman–Crippen MR) is 64.1 cm³/mol. The van der Waals surface area contributed by atoms with Gasteiger partial charge in [0.2, 0.25) is 0 Å². The molecule has 1 saturated carbocycles. The molecule has 0 bridgehead atoms.